The van der Waals surface area contributed by atoms with Gasteiger partial charge in [-0.15, -0.1) is 0 Å². The second kappa shape index (κ2) is 10.4. The molecule has 0 aliphatic rings. The Labute approximate surface area is 247 Å². The van der Waals surface area contributed by atoms with Crippen molar-refractivity contribution in [3.05, 3.63) is 93.1 Å². The number of fused-ring (bicyclic) bond motifs is 3. The molecule has 1 unspecified atom stereocenters. The summed E-state index contributed by atoms with van der Waals surface area (Å²) in [4.78, 5) is 0. The van der Waals surface area contributed by atoms with Gasteiger partial charge >= 0.3 is 247 Å². The molecule has 0 aliphatic carbocycles. The number of hydrogen-bond donors (Lipinski definition) is 0. The van der Waals surface area contributed by atoms with Crippen molar-refractivity contribution in [1.82, 2.24) is 0 Å². The molecule has 5 aromatic carbocycles. The van der Waals surface area contributed by atoms with Crippen molar-refractivity contribution >= 4 is 60.4 Å². The van der Waals surface area contributed by atoms with E-state index in [2.05, 4.69) is 0 Å². The standard InChI is InChI=1S/C27H9AsF16OSi/c1-46(2,3)28(45,11-14(31)8-9(15(32)22(11)39)20(37)27(44)26(43)19(8)36)10-4-5(16(33)23(40)21(10)38)13(30)7-6(12(4)29)17(34)24(41)25(42)18(7)35/h1-3H3. The van der Waals surface area contributed by atoms with Crippen LogP contribution in [0.25, 0.3) is 32.3 Å². The Balaban J connectivity index is 2.19. The van der Waals surface area contributed by atoms with Crippen molar-refractivity contribution in [3.8, 4) is 0 Å². The van der Waals surface area contributed by atoms with Gasteiger partial charge in [-0.2, -0.15) is 0 Å². The molecule has 5 aromatic rings. The second-order valence-corrected chi connectivity index (χ2v) is 31.2. The molecule has 0 heterocycles. The maximum atomic E-state index is 16.1. The van der Waals surface area contributed by atoms with Crippen LogP contribution in [0.5, 0.6) is 0 Å². The van der Waals surface area contributed by atoms with Gasteiger partial charge in [-0.1, -0.05) is 0 Å². The Morgan fingerprint density at radius 2 is 0.543 bits per heavy atom. The molecule has 0 radical (unpaired) electrons. The summed E-state index contributed by atoms with van der Waals surface area (Å²) in [7, 11) is 0. The van der Waals surface area contributed by atoms with E-state index in [9.17, 15) is 38.9 Å². The average Bonchev–Trinajstić information content (AvgIpc) is 2.98. The minimum atomic E-state index is -7.18. The first-order chi connectivity index (χ1) is 21.1. The van der Waals surface area contributed by atoms with Crippen molar-refractivity contribution in [1.29, 1.82) is 0 Å². The van der Waals surface area contributed by atoms with E-state index < -0.39 is 153 Å². The number of hydrogen-bond acceptors (Lipinski definition) is 1. The van der Waals surface area contributed by atoms with Crippen LogP contribution in [0.4, 0.5) is 70.2 Å². The Bertz CT molecular complexity index is 2300. The van der Waals surface area contributed by atoms with E-state index >= 15 is 35.1 Å². The SMILES string of the molecule is C[Si](C)(C)[As](=O)(c1c(F)c(F)c2c(F)c(F)c(F)c(F)c2c1F)c1c(F)c(F)c(F)c2c(F)c3c(F)c(F)c(F)c(F)c3c(F)c12. The summed E-state index contributed by atoms with van der Waals surface area (Å²) < 4.78 is 249. The van der Waals surface area contributed by atoms with Crippen LogP contribution >= 0.6 is 0 Å². The zero-order chi connectivity index (χ0) is 34.9. The van der Waals surface area contributed by atoms with Crippen LogP contribution in [0.2, 0.25) is 19.6 Å². The summed E-state index contributed by atoms with van der Waals surface area (Å²) >= 11 is -7.18. The van der Waals surface area contributed by atoms with Crippen LogP contribution in [0.15, 0.2) is 0 Å². The van der Waals surface area contributed by atoms with Gasteiger partial charge in [0.05, 0.1) is 0 Å². The molecular weight excluding hydrogens is 747 g/mol. The van der Waals surface area contributed by atoms with E-state index in [1.54, 1.807) is 0 Å². The first kappa shape index (κ1) is 33.7. The first-order valence-corrected chi connectivity index (χ1v) is 21.0. The molecule has 0 aromatic heterocycles. The molecule has 19 heteroatoms. The van der Waals surface area contributed by atoms with Gasteiger partial charge in [0.1, 0.15) is 0 Å². The number of benzene rings is 5. The van der Waals surface area contributed by atoms with Gasteiger partial charge in [-0.05, 0) is 0 Å². The fraction of sp³-hybridized carbons (Fsp3) is 0.111. The molecule has 0 N–H and O–H groups in total. The predicted octanol–water partition coefficient (Wildman–Crippen LogP) is 8.28. The van der Waals surface area contributed by atoms with Gasteiger partial charge in [0.2, 0.25) is 0 Å². The van der Waals surface area contributed by atoms with Crippen LogP contribution < -0.4 is 8.70 Å². The van der Waals surface area contributed by atoms with E-state index in [-0.39, 0.29) is 0 Å². The van der Waals surface area contributed by atoms with E-state index in [0.717, 1.165) is 19.6 Å². The third-order valence-corrected chi connectivity index (χ3v) is 27.8. The Hall–Kier alpha value is -3.66. The maximum absolute atomic E-state index is 16.1. The first-order valence-electron chi connectivity index (χ1n) is 12.1. The molecule has 5 rings (SSSR count). The fourth-order valence-corrected chi connectivity index (χ4v) is 21.0. The number of halogens is 16. The molecule has 46 heavy (non-hydrogen) atoms. The second-order valence-electron chi connectivity index (χ2n) is 10.8. The zero-order valence-electron chi connectivity index (χ0n) is 22.4. The van der Waals surface area contributed by atoms with E-state index in [1.807, 2.05) is 0 Å². The monoisotopic (exact) mass is 756 g/mol. The van der Waals surface area contributed by atoms with Crippen LogP contribution in [-0.4, -0.2) is 19.4 Å². The normalized spacial score (nSPS) is 13.8. The molecule has 0 bridgehead atoms. The molecule has 0 saturated heterocycles. The third kappa shape index (κ3) is 3.97. The topological polar surface area (TPSA) is 17.1 Å². The van der Waals surface area contributed by atoms with Gasteiger partial charge in [-0.3, -0.25) is 0 Å². The molecule has 1 nitrogen and oxygen atoms in total. The number of rotatable bonds is 3. The summed E-state index contributed by atoms with van der Waals surface area (Å²) in [5, 5.41) is -13.4. The van der Waals surface area contributed by atoms with E-state index in [0.29, 0.717) is 0 Å². The molecule has 0 spiro atoms. The van der Waals surface area contributed by atoms with Crippen molar-refractivity contribution in [2.24, 2.45) is 0 Å². The molecule has 244 valence electrons. The van der Waals surface area contributed by atoms with Gasteiger partial charge in [0, 0.05) is 0 Å². The van der Waals surface area contributed by atoms with Crippen molar-refractivity contribution in [2.45, 2.75) is 19.6 Å². The van der Waals surface area contributed by atoms with E-state index in [1.165, 1.54) is 0 Å². The Kier molecular flexibility index (Phi) is 7.63. The van der Waals surface area contributed by atoms with Gasteiger partial charge in [-0.25, -0.2) is 0 Å². The average molecular weight is 756 g/mol. The van der Waals surface area contributed by atoms with Crippen molar-refractivity contribution < 1.29 is 74.0 Å². The van der Waals surface area contributed by atoms with Gasteiger partial charge in [0.15, 0.2) is 0 Å². The Morgan fingerprint density at radius 1 is 0.304 bits per heavy atom. The zero-order valence-corrected chi connectivity index (χ0v) is 25.3. The molecule has 1 atom stereocenters. The summed E-state index contributed by atoms with van der Waals surface area (Å²) in [6.07, 6.45) is 0. The van der Waals surface area contributed by atoms with Gasteiger partial charge < -0.3 is 0 Å². The van der Waals surface area contributed by atoms with Crippen molar-refractivity contribution in [3.63, 3.8) is 0 Å². The summed E-state index contributed by atoms with van der Waals surface area (Å²) in [5.74, 6) is -44.3. The van der Waals surface area contributed by atoms with Crippen LogP contribution in [-0.2, 0) is 3.74 Å². The summed E-state index contributed by atoms with van der Waals surface area (Å²) in [6, 6.07) is 0. The summed E-state index contributed by atoms with van der Waals surface area (Å²) in [6.45, 7) is -2.14. The quantitative estimate of drug-likeness (QED) is 0.0596. The van der Waals surface area contributed by atoms with Crippen LogP contribution in [0, 0.1) is 93.1 Å². The summed E-state index contributed by atoms with van der Waals surface area (Å²) in [5.41, 5.74) is 0. The Morgan fingerprint density at radius 3 is 0.913 bits per heavy atom. The molecule has 0 amide bonds. The molecule has 0 fully saturated rings. The van der Waals surface area contributed by atoms with Crippen LogP contribution in [0.1, 0.15) is 0 Å². The van der Waals surface area contributed by atoms with Crippen LogP contribution in [0.3, 0.4) is 0 Å². The third-order valence-electron chi connectivity index (χ3n) is 7.33. The fourth-order valence-electron chi connectivity index (χ4n) is 5.19. The van der Waals surface area contributed by atoms with E-state index in [4.69, 9.17) is 0 Å². The molecule has 0 saturated carbocycles. The molecule has 0 aliphatic heterocycles. The predicted molar refractivity (Wildman–Crippen MR) is 134 cm³/mol. The van der Waals surface area contributed by atoms with Gasteiger partial charge in [0.25, 0.3) is 0 Å². The van der Waals surface area contributed by atoms with Crippen molar-refractivity contribution in [2.75, 3.05) is 0 Å². The molecular formula is C27H9AsF16OSi. The minimum absolute atomic E-state index is 0.785.